The predicted octanol–water partition coefficient (Wildman–Crippen LogP) is 5.27. The molecule has 4 aliphatic rings. The van der Waals surface area contributed by atoms with E-state index in [0.717, 1.165) is 40.5 Å². The minimum Gasteiger partial charge on any atom is -0.489 e. The molecule has 27 heavy (non-hydrogen) atoms. The van der Waals surface area contributed by atoms with Crippen molar-refractivity contribution in [3.05, 3.63) is 52.2 Å². The van der Waals surface area contributed by atoms with Gasteiger partial charge in [-0.25, -0.2) is 0 Å². The second-order valence-electron chi connectivity index (χ2n) is 9.02. The van der Waals surface area contributed by atoms with Crippen LogP contribution in [0, 0.1) is 23.2 Å². The Morgan fingerprint density at radius 3 is 2.41 bits per heavy atom. The van der Waals surface area contributed by atoms with Gasteiger partial charge in [-0.2, -0.15) is 0 Å². The molecule has 142 valence electrons. The molecule has 3 nitrogen and oxygen atoms in total. The topological polar surface area (TPSA) is 38.3 Å². The van der Waals surface area contributed by atoms with E-state index in [-0.39, 0.29) is 5.91 Å². The van der Waals surface area contributed by atoms with Crippen LogP contribution in [-0.2, 0) is 6.61 Å². The lowest BCUT2D eigenvalue weighted by Gasteiger charge is -2.56. The van der Waals surface area contributed by atoms with Crippen LogP contribution in [0.1, 0.15) is 53.8 Å². The maximum atomic E-state index is 12.7. The Balaban J connectivity index is 1.17. The summed E-state index contributed by atoms with van der Waals surface area (Å²) < 4.78 is 5.78. The zero-order valence-electron chi connectivity index (χ0n) is 15.7. The molecule has 4 fully saturated rings. The number of para-hydroxylation sites is 1. The van der Waals surface area contributed by atoms with Gasteiger partial charge in [0.2, 0.25) is 0 Å². The van der Waals surface area contributed by atoms with Crippen LogP contribution in [0.15, 0.2) is 41.8 Å². The zero-order valence-corrected chi connectivity index (χ0v) is 16.5. The molecule has 6 rings (SSSR count). The molecule has 1 heterocycles. The van der Waals surface area contributed by atoms with E-state index in [1.54, 1.807) is 0 Å². The van der Waals surface area contributed by atoms with Gasteiger partial charge < -0.3 is 10.1 Å². The van der Waals surface area contributed by atoms with Gasteiger partial charge in [-0.3, -0.25) is 4.79 Å². The molecule has 0 aliphatic heterocycles. The molecule has 0 atom stereocenters. The highest BCUT2D eigenvalue weighted by atomic mass is 32.1. The van der Waals surface area contributed by atoms with E-state index in [4.69, 9.17) is 4.74 Å². The molecular weight excluding hydrogens is 354 g/mol. The van der Waals surface area contributed by atoms with Gasteiger partial charge in [-0.15, -0.1) is 11.3 Å². The van der Waals surface area contributed by atoms with Crippen LogP contribution >= 0.6 is 11.3 Å². The summed E-state index contributed by atoms with van der Waals surface area (Å²) in [6, 6.07) is 11.8. The number of rotatable bonds is 6. The lowest BCUT2D eigenvalue weighted by atomic mass is 9.49. The minimum atomic E-state index is 0.0849. The highest BCUT2D eigenvalue weighted by molar-refractivity contribution is 7.12. The maximum Gasteiger partial charge on any atom is 0.261 e. The monoisotopic (exact) mass is 381 g/mol. The molecule has 0 radical (unpaired) electrons. The van der Waals surface area contributed by atoms with Crippen LogP contribution < -0.4 is 10.1 Å². The van der Waals surface area contributed by atoms with Crippen molar-refractivity contribution in [3.8, 4) is 5.75 Å². The van der Waals surface area contributed by atoms with Crippen molar-refractivity contribution < 1.29 is 9.53 Å². The molecule has 0 spiro atoms. The molecule has 1 aromatic heterocycles. The Morgan fingerprint density at radius 1 is 1.07 bits per heavy atom. The lowest BCUT2D eigenvalue weighted by molar-refractivity contribution is -0.0503. The van der Waals surface area contributed by atoms with E-state index in [0.29, 0.717) is 12.0 Å². The Kier molecular flexibility index (Phi) is 4.47. The predicted molar refractivity (Wildman–Crippen MR) is 108 cm³/mol. The highest BCUT2D eigenvalue weighted by Gasteiger charge is 2.50. The second kappa shape index (κ2) is 6.97. The van der Waals surface area contributed by atoms with E-state index in [9.17, 15) is 4.79 Å². The maximum absolute atomic E-state index is 12.7. The Hall–Kier alpha value is -1.81. The zero-order chi connectivity index (χ0) is 18.3. The van der Waals surface area contributed by atoms with Gasteiger partial charge >= 0.3 is 0 Å². The fourth-order valence-corrected chi connectivity index (χ4v) is 6.93. The first kappa shape index (κ1) is 17.3. The smallest absolute Gasteiger partial charge is 0.261 e. The van der Waals surface area contributed by atoms with Gasteiger partial charge in [0, 0.05) is 12.1 Å². The van der Waals surface area contributed by atoms with Crippen molar-refractivity contribution in [1.82, 2.24) is 5.32 Å². The van der Waals surface area contributed by atoms with Crippen molar-refractivity contribution in [2.75, 3.05) is 6.54 Å². The number of carbonyl (C=O) groups is 1. The van der Waals surface area contributed by atoms with Crippen molar-refractivity contribution in [3.63, 3.8) is 0 Å². The number of benzene rings is 1. The molecule has 4 bridgehead atoms. The van der Waals surface area contributed by atoms with E-state index >= 15 is 0 Å². The quantitative estimate of drug-likeness (QED) is 0.740. The summed E-state index contributed by atoms with van der Waals surface area (Å²) in [6.07, 6.45) is 8.34. The van der Waals surface area contributed by atoms with Gasteiger partial charge in [0.1, 0.15) is 12.4 Å². The second-order valence-corrected chi connectivity index (χ2v) is 9.93. The standard InChI is InChI=1S/C23H27NO2S/c25-22(21-9-19(14-27-21)13-26-20-4-2-1-3-5-20)24-15-23-10-16-6-17(11-23)8-18(7-16)12-23/h1-5,9,14,16-18H,6-8,10-13,15H2,(H,24,25). The summed E-state index contributed by atoms with van der Waals surface area (Å²) in [4.78, 5) is 13.5. The third-order valence-electron chi connectivity index (χ3n) is 6.82. The number of nitrogens with one attached hydrogen (secondary N) is 1. The normalized spacial score (nSPS) is 31.0. The van der Waals surface area contributed by atoms with Crippen LogP contribution in [0.5, 0.6) is 5.75 Å². The third-order valence-corrected chi connectivity index (χ3v) is 7.79. The number of hydrogen-bond donors (Lipinski definition) is 1. The number of ether oxygens (including phenoxy) is 1. The largest absolute Gasteiger partial charge is 0.489 e. The summed E-state index contributed by atoms with van der Waals surface area (Å²) in [6.45, 7) is 1.37. The summed E-state index contributed by atoms with van der Waals surface area (Å²) in [7, 11) is 0. The fraction of sp³-hybridized carbons (Fsp3) is 0.522. The molecule has 0 saturated heterocycles. The van der Waals surface area contributed by atoms with Gasteiger partial charge in [0.05, 0.1) is 4.88 Å². The van der Waals surface area contributed by atoms with Crippen LogP contribution in [0.25, 0.3) is 0 Å². The van der Waals surface area contributed by atoms with Crippen LogP contribution in [0.4, 0.5) is 0 Å². The number of carbonyl (C=O) groups excluding carboxylic acids is 1. The molecule has 4 saturated carbocycles. The first-order valence-electron chi connectivity index (χ1n) is 10.2. The van der Waals surface area contributed by atoms with Crippen LogP contribution in [0.2, 0.25) is 0 Å². The molecule has 0 unspecified atom stereocenters. The van der Waals surface area contributed by atoms with Crippen LogP contribution in [-0.4, -0.2) is 12.5 Å². The molecule has 1 aromatic carbocycles. The lowest BCUT2D eigenvalue weighted by Crippen LogP contribution is -2.51. The van der Waals surface area contributed by atoms with Gasteiger partial charge in [-0.05, 0) is 85.3 Å². The molecule has 4 heteroatoms. The minimum absolute atomic E-state index is 0.0849. The highest BCUT2D eigenvalue weighted by Crippen LogP contribution is 2.59. The van der Waals surface area contributed by atoms with E-state index in [2.05, 4.69) is 5.32 Å². The van der Waals surface area contributed by atoms with Gasteiger partial charge in [0.15, 0.2) is 0 Å². The third kappa shape index (κ3) is 3.64. The van der Waals surface area contributed by atoms with Crippen molar-refractivity contribution in [2.45, 2.75) is 45.1 Å². The summed E-state index contributed by atoms with van der Waals surface area (Å²) in [5, 5.41) is 5.30. The van der Waals surface area contributed by atoms with Gasteiger partial charge in [-0.1, -0.05) is 18.2 Å². The molecule has 1 amide bonds. The average molecular weight is 382 g/mol. The molecule has 4 aliphatic carbocycles. The van der Waals surface area contributed by atoms with Crippen molar-refractivity contribution in [1.29, 1.82) is 0 Å². The summed E-state index contributed by atoms with van der Waals surface area (Å²) >= 11 is 1.52. The first-order valence-corrected chi connectivity index (χ1v) is 11.1. The first-order chi connectivity index (χ1) is 13.2. The molecule has 1 N–H and O–H groups in total. The Morgan fingerprint density at radius 2 is 1.74 bits per heavy atom. The van der Waals surface area contributed by atoms with E-state index in [1.165, 1.54) is 49.9 Å². The number of hydrogen-bond acceptors (Lipinski definition) is 3. The number of amides is 1. The van der Waals surface area contributed by atoms with Gasteiger partial charge in [0.25, 0.3) is 5.91 Å². The van der Waals surface area contributed by atoms with E-state index in [1.807, 2.05) is 41.8 Å². The SMILES string of the molecule is O=C(NCC12CC3CC(CC(C3)C1)C2)c1cc(COc2ccccc2)cs1. The van der Waals surface area contributed by atoms with Crippen LogP contribution in [0.3, 0.4) is 0 Å². The molecular formula is C23H27NO2S. The molecule has 2 aromatic rings. The Bertz CT molecular complexity index is 778. The number of thiophene rings is 1. The summed E-state index contributed by atoms with van der Waals surface area (Å²) in [5.41, 5.74) is 1.45. The van der Waals surface area contributed by atoms with Crippen molar-refractivity contribution >= 4 is 17.2 Å². The van der Waals surface area contributed by atoms with E-state index < -0.39 is 0 Å². The average Bonchev–Trinajstić information content (AvgIpc) is 3.13. The Labute approximate surface area is 165 Å². The van der Waals surface area contributed by atoms with Crippen molar-refractivity contribution in [2.24, 2.45) is 23.2 Å². The summed E-state index contributed by atoms with van der Waals surface area (Å²) in [5.74, 6) is 3.73. The fourth-order valence-electron chi connectivity index (χ4n) is 6.12.